The molecule has 0 bridgehead atoms. The summed E-state index contributed by atoms with van der Waals surface area (Å²) in [5.41, 5.74) is 0.590. The summed E-state index contributed by atoms with van der Waals surface area (Å²) in [5, 5.41) is 3.94. The number of halogens is 2. The second-order valence-corrected chi connectivity index (χ2v) is 5.46. The number of rotatable bonds is 3. The van der Waals surface area contributed by atoms with E-state index in [0.29, 0.717) is 23.2 Å². The van der Waals surface area contributed by atoms with Crippen molar-refractivity contribution in [1.82, 2.24) is 5.32 Å². The SMILES string of the molecule is CC1CCCC(NCc2c(F)cccc2Cl)C1. The van der Waals surface area contributed by atoms with Crippen LogP contribution in [0.4, 0.5) is 4.39 Å². The minimum atomic E-state index is -0.214. The van der Waals surface area contributed by atoms with Crippen LogP contribution in [-0.2, 0) is 6.54 Å². The molecule has 2 atom stereocenters. The lowest BCUT2D eigenvalue weighted by molar-refractivity contribution is 0.299. The summed E-state index contributed by atoms with van der Waals surface area (Å²) >= 11 is 6.00. The maximum absolute atomic E-state index is 13.6. The molecule has 0 saturated heterocycles. The zero-order chi connectivity index (χ0) is 12.3. The highest BCUT2D eigenvalue weighted by atomic mass is 35.5. The minimum Gasteiger partial charge on any atom is -0.310 e. The van der Waals surface area contributed by atoms with Gasteiger partial charge in [-0.3, -0.25) is 0 Å². The Morgan fingerprint density at radius 2 is 2.24 bits per heavy atom. The van der Waals surface area contributed by atoms with Gasteiger partial charge in [0.05, 0.1) is 0 Å². The van der Waals surface area contributed by atoms with Gasteiger partial charge in [-0.05, 0) is 30.9 Å². The zero-order valence-corrected chi connectivity index (χ0v) is 10.9. The number of hydrogen-bond acceptors (Lipinski definition) is 1. The van der Waals surface area contributed by atoms with Crippen molar-refractivity contribution < 1.29 is 4.39 Å². The molecule has 0 aliphatic heterocycles. The monoisotopic (exact) mass is 255 g/mol. The molecule has 1 aliphatic rings. The van der Waals surface area contributed by atoms with E-state index in [9.17, 15) is 4.39 Å². The largest absolute Gasteiger partial charge is 0.310 e. The van der Waals surface area contributed by atoms with E-state index in [1.165, 1.54) is 31.7 Å². The van der Waals surface area contributed by atoms with Crippen molar-refractivity contribution in [2.24, 2.45) is 5.92 Å². The fraction of sp³-hybridized carbons (Fsp3) is 0.571. The molecule has 1 fully saturated rings. The molecule has 2 unspecified atom stereocenters. The number of hydrogen-bond donors (Lipinski definition) is 1. The van der Waals surface area contributed by atoms with Gasteiger partial charge in [0, 0.05) is 23.2 Å². The Morgan fingerprint density at radius 1 is 1.41 bits per heavy atom. The fourth-order valence-corrected chi connectivity index (χ4v) is 2.80. The van der Waals surface area contributed by atoms with Crippen molar-refractivity contribution >= 4 is 11.6 Å². The van der Waals surface area contributed by atoms with Crippen molar-refractivity contribution in [2.45, 2.75) is 45.2 Å². The highest BCUT2D eigenvalue weighted by Crippen LogP contribution is 2.25. The van der Waals surface area contributed by atoms with Crippen LogP contribution in [0.3, 0.4) is 0 Å². The van der Waals surface area contributed by atoms with Gasteiger partial charge in [-0.2, -0.15) is 0 Å². The summed E-state index contributed by atoms with van der Waals surface area (Å²) in [7, 11) is 0. The Bertz CT molecular complexity index is 360. The third-order valence-electron chi connectivity index (χ3n) is 3.57. The molecular formula is C14H19ClFN. The second-order valence-electron chi connectivity index (χ2n) is 5.05. The first-order valence-electron chi connectivity index (χ1n) is 6.33. The van der Waals surface area contributed by atoms with E-state index in [1.54, 1.807) is 12.1 Å². The Hall–Kier alpha value is -0.600. The summed E-state index contributed by atoms with van der Waals surface area (Å²) in [6.07, 6.45) is 4.96. The fourth-order valence-electron chi connectivity index (χ4n) is 2.57. The molecule has 1 aliphatic carbocycles. The highest BCUT2D eigenvalue weighted by molar-refractivity contribution is 6.31. The topological polar surface area (TPSA) is 12.0 Å². The predicted molar refractivity (Wildman–Crippen MR) is 69.7 cm³/mol. The van der Waals surface area contributed by atoms with Gasteiger partial charge >= 0.3 is 0 Å². The van der Waals surface area contributed by atoms with Gasteiger partial charge in [0.1, 0.15) is 5.82 Å². The van der Waals surface area contributed by atoms with Crippen LogP contribution in [0.25, 0.3) is 0 Å². The lowest BCUT2D eigenvalue weighted by Gasteiger charge is -2.27. The van der Waals surface area contributed by atoms with E-state index < -0.39 is 0 Å². The third-order valence-corrected chi connectivity index (χ3v) is 3.92. The average Bonchev–Trinajstić information content (AvgIpc) is 2.28. The van der Waals surface area contributed by atoms with Gasteiger partial charge in [-0.25, -0.2) is 4.39 Å². The first-order valence-corrected chi connectivity index (χ1v) is 6.71. The first-order chi connectivity index (χ1) is 8.16. The van der Waals surface area contributed by atoms with Crippen LogP contribution in [0.15, 0.2) is 18.2 Å². The molecule has 1 N–H and O–H groups in total. The van der Waals surface area contributed by atoms with Crippen LogP contribution in [0.2, 0.25) is 5.02 Å². The number of benzene rings is 1. The molecule has 2 rings (SSSR count). The van der Waals surface area contributed by atoms with Crippen LogP contribution in [-0.4, -0.2) is 6.04 Å². The maximum Gasteiger partial charge on any atom is 0.129 e. The predicted octanol–water partition coefficient (Wildman–Crippen LogP) is 4.15. The molecular weight excluding hydrogens is 237 g/mol. The molecule has 17 heavy (non-hydrogen) atoms. The van der Waals surface area contributed by atoms with Crippen molar-refractivity contribution in [3.05, 3.63) is 34.6 Å². The van der Waals surface area contributed by atoms with Crippen LogP contribution < -0.4 is 5.32 Å². The van der Waals surface area contributed by atoms with Crippen LogP contribution in [0, 0.1) is 11.7 Å². The van der Waals surface area contributed by atoms with E-state index in [2.05, 4.69) is 12.2 Å². The summed E-state index contributed by atoms with van der Waals surface area (Å²) in [6.45, 7) is 2.81. The quantitative estimate of drug-likeness (QED) is 0.856. The zero-order valence-electron chi connectivity index (χ0n) is 10.2. The van der Waals surface area contributed by atoms with Crippen LogP contribution in [0.5, 0.6) is 0 Å². The molecule has 0 heterocycles. The summed E-state index contributed by atoms with van der Waals surface area (Å²) in [6, 6.07) is 5.36. The minimum absolute atomic E-state index is 0.214. The van der Waals surface area contributed by atoms with Crippen LogP contribution in [0.1, 0.15) is 38.2 Å². The smallest absolute Gasteiger partial charge is 0.129 e. The van der Waals surface area contributed by atoms with E-state index in [0.717, 1.165) is 5.92 Å². The normalized spacial score (nSPS) is 24.9. The highest BCUT2D eigenvalue weighted by Gasteiger charge is 2.18. The summed E-state index contributed by atoms with van der Waals surface area (Å²) in [5.74, 6) is 0.561. The Kier molecular flexibility index (Phi) is 4.41. The van der Waals surface area contributed by atoms with Gasteiger partial charge in [0.25, 0.3) is 0 Å². The van der Waals surface area contributed by atoms with Crippen molar-refractivity contribution in [3.63, 3.8) is 0 Å². The Balaban J connectivity index is 1.93. The summed E-state index contributed by atoms with van der Waals surface area (Å²) < 4.78 is 13.6. The third kappa shape index (κ3) is 3.43. The first kappa shape index (κ1) is 12.8. The molecule has 1 aromatic carbocycles. The van der Waals surface area contributed by atoms with Gasteiger partial charge < -0.3 is 5.32 Å². The lowest BCUT2D eigenvalue weighted by atomic mass is 9.87. The van der Waals surface area contributed by atoms with Gasteiger partial charge in [-0.15, -0.1) is 0 Å². The molecule has 94 valence electrons. The lowest BCUT2D eigenvalue weighted by Crippen LogP contribution is -2.33. The molecule has 0 amide bonds. The van der Waals surface area contributed by atoms with E-state index in [1.807, 2.05) is 0 Å². The van der Waals surface area contributed by atoms with Crippen molar-refractivity contribution in [1.29, 1.82) is 0 Å². The molecule has 0 radical (unpaired) electrons. The molecule has 0 spiro atoms. The average molecular weight is 256 g/mol. The standard InChI is InChI=1S/C14H19ClFN/c1-10-4-2-5-11(8-10)17-9-12-13(15)6-3-7-14(12)16/h3,6-7,10-11,17H,2,4-5,8-9H2,1H3. The Morgan fingerprint density at radius 3 is 2.94 bits per heavy atom. The van der Waals surface area contributed by atoms with E-state index in [4.69, 9.17) is 11.6 Å². The van der Waals surface area contributed by atoms with Gasteiger partial charge in [0.15, 0.2) is 0 Å². The summed E-state index contributed by atoms with van der Waals surface area (Å²) in [4.78, 5) is 0. The molecule has 3 heteroatoms. The van der Waals surface area contributed by atoms with E-state index in [-0.39, 0.29) is 5.82 Å². The van der Waals surface area contributed by atoms with Gasteiger partial charge in [0.2, 0.25) is 0 Å². The Labute approximate surface area is 107 Å². The van der Waals surface area contributed by atoms with Crippen molar-refractivity contribution in [3.8, 4) is 0 Å². The maximum atomic E-state index is 13.6. The molecule has 1 nitrogen and oxygen atoms in total. The molecule has 1 saturated carbocycles. The van der Waals surface area contributed by atoms with E-state index >= 15 is 0 Å². The second kappa shape index (κ2) is 5.83. The van der Waals surface area contributed by atoms with Crippen LogP contribution >= 0.6 is 11.6 Å². The molecule has 1 aromatic rings. The number of nitrogens with one attached hydrogen (secondary N) is 1. The van der Waals surface area contributed by atoms with Gasteiger partial charge in [-0.1, -0.05) is 37.4 Å². The van der Waals surface area contributed by atoms with Crippen molar-refractivity contribution in [2.75, 3.05) is 0 Å². The molecule has 0 aromatic heterocycles.